The zero-order chi connectivity index (χ0) is 4.28. The molecule has 0 spiro atoms. The molecule has 0 heterocycles. The number of terminal acetylenes is 1. The van der Waals surface area contributed by atoms with Crippen LogP contribution in [0.3, 0.4) is 0 Å². The topological polar surface area (TPSA) is 0 Å². The second-order valence-electron chi connectivity index (χ2n) is 0.321. The molecule has 0 saturated heterocycles. The normalized spacial score (nSPS) is 7.25. The van der Waals surface area contributed by atoms with Gasteiger partial charge >= 0.3 is 0 Å². The number of hydrogen-bond acceptors (Lipinski definition) is 0. The zero-order valence-electron chi connectivity index (χ0n) is 3.28. The molecule has 0 heteroatoms. The Balaban J connectivity index is 3.35. The quantitative estimate of drug-likeness (QED) is 0.358. The fraction of sp³-hybridized carbons (Fsp3) is 0. The van der Waals surface area contributed by atoms with Crippen molar-refractivity contribution in [1.82, 2.24) is 0 Å². The summed E-state index contributed by atoms with van der Waals surface area (Å²) >= 11 is 0. The predicted octanol–water partition coefficient (Wildman–Crippen LogP) is 0.806. The molecule has 0 aliphatic rings. The summed E-state index contributed by atoms with van der Waals surface area (Å²) in [5.41, 5.74) is 0. The van der Waals surface area contributed by atoms with E-state index in [-0.39, 0.29) is 6.05 Å². The van der Waals surface area contributed by atoms with E-state index in [0.29, 0.717) is 0 Å². The Bertz CT molecular complexity index is 76.1. The molecule has 0 aromatic heterocycles. The van der Waals surface area contributed by atoms with E-state index in [4.69, 9.17) is 1.37 Å². The highest BCUT2D eigenvalue weighted by atomic mass is 13.3. The third-order valence-corrected chi connectivity index (χ3v) is 0.102. The lowest BCUT2D eigenvalue weighted by Crippen LogP contribution is -1.24. The van der Waals surface area contributed by atoms with Crippen molar-refractivity contribution in [2.75, 3.05) is 0 Å². The van der Waals surface area contributed by atoms with Crippen molar-refractivity contribution in [1.29, 1.82) is 0 Å². The summed E-state index contributed by atoms with van der Waals surface area (Å²) in [5, 5.41) is 0. The Morgan fingerprint density at radius 2 is 2.75 bits per heavy atom. The standard InChI is InChI=1S/C4H4/c1-3-4-2/h1,4H,2H2/i4D. The van der Waals surface area contributed by atoms with Crippen LogP contribution in [0.5, 0.6) is 0 Å². The van der Waals surface area contributed by atoms with Gasteiger partial charge in [0.05, 0.1) is 1.37 Å². The van der Waals surface area contributed by atoms with Crippen molar-refractivity contribution < 1.29 is 1.37 Å². The summed E-state index contributed by atoms with van der Waals surface area (Å²) in [7, 11) is 0. The van der Waals surface area contributed by atoms with Crippen LogP contribution in [0, 0.1) is 12.3 Å². The molecule has 0 aliphatic carbocycles. The molecular formula is C4H4. The van der Waals surface area contributed by atoms with Crippen LogP contribution in [-0.4, -0.2) is 0 Å². The first-order valence-electron chi connectivity index (χ1n) is 1.39. The van der Waals surface area contributed by atoms with Crippen LogP contribution >= 0.6 is 0 Å². The van der Waals surface area contributed by atoms with Gasteiger partial charge in [-0.3, -0.25) is 0 Å². The van der Waals surface area contributed by atoms with Gasteiger partial charge in [0.15, 0.2) is 0 Å². The minimum absolute atomic E-state index is 0.0324. The molecule has 0 atom stereocenters. The van der Waals surface area contributed by atoms with E-state index in [1.165, 1.54) is 0 Å². The molecule has 0 radical (unpaired) electrons. The maximum atomic E-state index is 6.40. The van der Waals surface area contributed by atoms with Crippen LogP contribution in [0.15, 0.2) is 12.6 Å². The molecule has 20 valence electrons. The summed E-state index contributed by atoms with van der Waals surface area (Å²) in [6, 6.07) is 0.0324. The summed E-state index contributed by atoms with van der Waals surface area (Å²) < 4.78 is 6.40. The maximum Gasteiger partial charge on any atom is 0.0714 e. The van der Waals surface area contributed by atoms with Gasteiger partial charge in [-0.1, -0.05) is 12.5 Å². The predicted molar refractivity (Wildman–Crippen MR) is 19.0 cm³/mol. The monoisotopic (exact) mass is 53.0 g/mol. The van der Waals surface area contributed by atoms with Crippen molar-refractivity contribution in [2.24, 2.45) is 0 Å². The zero-order valence-corrected chi connectivity index (χ0v) is 2.28. The Morgan fingerprint density at radius 1 is 2.50 bits per heavy atom. The minimum Gasteiger partial charge on any atom is -0.115 e. The summed E-state index contributed by atoms with van der Waals surface area (Å²) in [6.07, 6.45) is 4.63. The molecule has 0 N–H and O–H groups in total. The van der Waals surface area contributed by atoms with E-state index in [1.807, 2.05) is 5.92 Å². The minimum atomic E-state index is 0.0324. The SMILES string of the molecule is [2H]C(=C)C#C. The van der Waals surface area contributed by atoms with E-state index in [0.717, 1.165) is 0 Å². The second-order valence-corrected chi connectivity index (χ2v) is 0.321. The number of allylic oxidation sites excluding steroid dienone is 1. The largest absolute Gasteiger partial charge is 0.115 e. The highest BCUT2D eigenvalue weighted by Gasteiger charge is 1.26. The van der Waals surface area contributed by atoms with Crippen molar-refractivity contribution in [3.8, 4) is 12.3 Å². The van der Waals surface area contributed by atoms with Gasteiger partial charge in [-0.25, -0.2) is 0 Å². The number of hydrogen-bond donors (Lipinski definition) is 0. The van der Waals surface area contributed by atoms with Crippen LogP contribution in [0.1, 0.15) is 1.37 Å². The van der Waals surface area contributed by atoms with Gasteiger partial charge in [0, 0.05) is 0 Å². The second kappa shape index (κ2) is 2.30. The third kappa shape index (κ3) is 1.30. The first-order chi connectivity index (χ1) is 2.27. The van der Waals surface area contributed by atoms with E-state index in [1.54, 1.807) is 0 Å². The molecule has 0 amide bonds. The van der Waals surface area contributed by atoms with Crippen LogP contribution in [0.25, 0.3) is 0 Å². The van der Waals surface area contributed by atoms with Crippen molar-refractivity contribution in [2.45, 2.75) is 0 Å². The molecular weight excluding hydrogens is 48.0 g/mol. The van der Waals surface area contributed by atoms with Crippen molar-refractivity contribution >= 4 is 0 Å². The molecule has 4 heavy (non-hydrogen) atoms. The highest BCUT2D eigenvalue weighted by molar-refractivity contribution is 5.03. The molecule has 0 fully saturated rings. The Hall–Kier alpha value is -0.700. The van der Waals surface area contributed by atoms with E-state index >= 15 is 0 Å². The molecule has 0 aromatic carbocycles. The fourth-order valence-electron chi connectivity index (χ4n) is 0. The average molecular weight is 53.1 g/mol. The maximum absolute atomic E-state index is 6.40. The van der Waals surface area contributed by atoms with E-state index < -0.39 is 0 Å². The van der Waals surface area contributed by atoms with Gasteiger partial charge < -0.3 is 0 Å². The lowest BCUT2D eigenvalue weighted by Gasteiger charge is -1.38. The Kier molecular flexibility index (Phi) is 0.922. The Morgan fingerprint density at radius 3 is 2.75 bits per heavy atom. The lowest BCUT2D eigenvalue weighted by molar-refractivity contribution is 2.34. The van der Waals surface area contributed by atoms with Gasteiger partial charge in [0.1, 0.15) is 0 Å². The van der Waals surface area contributed by atoms with Crippen LogP contribution in [-0.2, 0) is 0 Å². The molecule has 0 aromatic rings. The third-order valence-electron chi connectivity index (χ3n) is 0.102. The Labute approximate surface area is 27.5 Å². The first kappa shape index (κ1) is 1.60. The summed E-state index contributed by atoms with van der Waals surface area (Å²) in [6.45, 7) is 3.10. The van der Waals surface area contributed by atoms with E-state index in [9.17, 15) is 0 Å². The average Bonchev–Trinajstić information content (AvgIpc) is 1.38. The summed E-state index contributed by atoms with van der Waals surface area (Å²) in [4.78, 5) is 0. The highest BCUT2D eigenvalue weighted by Crippen LogP contribution is 1.41. The van der Waals surface area contributed by atoms with Gasteiger partial charge in [-0.2, -0.15) is 0 Å². The number of rotatable bonds is 0. The van der Waals surface area contributed by atoms with Gasteiger partial charge in [-0.15, -0.1) is 6.42 Å². The first-order valence-corrected chi connectivity index (χ1v) is 0.892. The van der Waals surface area contributed by atoms with E-state index in [2.05, 4.69) is 13.0 Å². The summed E-state index contributed by atoms with van der Waals surface area (Å²) in [5.74, 6) is 2.00. The van der Waals surface area contributed by atoms with Crippen molar-refractivity contribution in [3.05, 3.63) is 12.6 Å². The van der Waals surface area contributed by atoms with Gasteiger partial charge in [0.2, 0.25) is 0 Å². The van der Waals surface area contributed by atoms with Gasteiger partial charge in [-0.05, 0) is 6.05 Å². The molecule has 0 aliphatic heterocycles. The van der Waals surface area contributed by atoms with Gasteiger partial charge in [0.25, 0.3) is 0 Å². The lowest BCUT2D eigenvalue weighted by atomic mass is 10.7. The smallest absolute Gasteiger partial charge is 0.0714 e. The van der Waals surface area contributed by atoms with Crippen LogP contribution in [0.4, 0.5) is 0 Å². The molecule has 0 rings (SSSR count). The molecule has 0 nitrogen and oxygen atoms in total. The molecule has 0 saturated carbocycles. The van der Waals surface area contributed by atoms with Crippen LogP contribution < -0.4 is 0 Å². The fourth-order valence-corrected chi connectivity index (χ4v) is 0. The molecule has 0 unspecified atom stereocenters. The van der Waals surface area contributed by atoms with Crippen LogP contribution in [0.2, 0.25) is 0 Å². The molecule has 0 bridgehead atoms. The van der Waals surface area contributed by atoms with Crippen molar-refractivity contribution in [3.63, 3.8) is 0 Å².